The minimum Gasteiger partial charge on any atom is -0.409 e. The number of anilines is 1. The first kappa shape index (κ1) is 15.3. The van der Waals surface area contributed by atoms with Gasteiger partial charge in [0.25, 0.3) is 0 Å². The predicted octanol–water partition coefficient (Wildman–Crippen LogP) is 2.81. The van der Waals surface area contributed by atoms with Gasteiger partial charge >= 0.3 is 0 Å². The van der Waals surface area contributed by atoms with Gasteiger partial charge in [-0.3, -0.25) is 4.79 Å². The molecular weight excluding hydrogens is 266 g/mol. The van der Waals surface area contributed by atoms with E-state index in [1.54, 1.807) is 18.2 Å². The fraction of sp³-hybridized carbons (Fsp3) is 0.385. The molecule has 1 aromatic rings. The van der Waals surface area contributed by atoms with Gasteiger partial charge in [-0.1, -0.05) is 37.5 Å². The number of rotatable bonds is 4. The van der Waals surface area contributed by atoms with Crippen LogP contribution in [0.25, 0.3) is 0 Å². The fourth-order valence-corrected chi connectivity index (χ4v) is 1.52. The number of hydrogen-bond acceptors (Lipinski definition) is 3. The average Bonchev–Trinajstić information content (AvgIpc) is 2.38. The molecule has 0 saturated heterocycles. The van der Waals surface area contributed by atoms with Crippen LogP contribution in [0, 0.1) is 5.41 Å². The lowest BCUT2D eigenvalue weighted by Gasteiger charge is -2.22. The maximum Gasteiger partial charge on any atom is 0.230 e. The molecule has 0 aromatic heterocycles. The van der Waals surface area contributed by atoms with Crippen molar-refractivity contribution in [3.8, 4) is 0 Å². The number of nitrogens with zero attached hydrogens (tertiary/aromatic N) is 1. The van der Waals surface area contributed by atoms with Gasteiger partial charge in [0.05, 0.1) is 5.69 Å². The third-order valence-electron chi connectivity index (χ3n) is 3.11. The second-order valence-electron chi connectivity index (χ2n) is 4.87. The molecule has 0 aliphatic carbocycles. The molecular formula is C13H18ClN3O2. The topological polar surface area (TPSA) is 87.7 Å². The lowest BCUT2D eigenvalue weighted by atomic mass is 9.89. The van der Waals surface area contributed by atoms with E-state index in [2.05, 4.69) is 10.5 Å². The Morgan fingerprint density at radius 3 is 2.68 bits per heavy atom. The quantitative estimate of drug-likeness (QED) is 0.344. The van der Waals surface area contributed by atoms with Crippen molar-refractivity contribution in [2.45, 2.75) is 27.2 Å². The number of nitrogens with two attached hydrogens (primary N) is 1. The number of oxime groups is 1. The van der Waals surface area contributed by atoms with Gasteiger partial charge < -0.3 is 16.3 Å². The number of amidine groups is 1. The Morgan fingerprint density at radius 2 is 2.16 bits per heavy atom. The summed E-state index contributed by atoms with van der Waals surface area (Å²) in [4.78, 5) is 12.1. The zero-order valence-electron chi connectivity index (χ0n) is 11.2. The van der Waals surface area contributed by atoms with Crippen molar-refractivity contribution in [1.82, 2.24) is 0 Å². The first-order chi connectivity index (χ1) is 8.81. The smallest absolute Gasteiger partial charge is 0.230 e. The zero-order chi connectivity index (χ0) is 14.6. The van der Waals surface area contributed by atoms with E-state index in [1.165, 1.54) is 0 Å². The Kier molecular flexibility index (Phi) is 4.78. The van der Waals surface area contributed by atoms with Crippen LogP contribution >= 0.6 is 11.6 Å². The Bertz CT molecular complexity index is 513. The lowest BCUT2D eigenvalue weighted by molar-refractivity contribution is -0.124. The Balaban J connectivity index is 3.13. The van der Waals surface area contributed by atoms with E-state index >= 15 is 0 Å². The van der Waals surface area contributed by atoms with Gasteiger partial charge in [0.2, 0.25) is 5.91 Å². The average molecular weight is 284 g/mol. The first-order valence-corrected chi connectivity index (χ1v) is 6.28. The van der Waals surface area contributed by atoms with Crippen molar-refractivity contribution >= 4 is 29.0 Å². The molecule has 0 radical (unpaired) electrons. The van der Waals surface area contributed by atoms with Crippen molar-refractivity contribution in [2.24, 2.45) is 16.3 Å². The molecule has 0 heterocycles. The first-order valence-electron chi connectivity index (χ1n) is 5.90. The number of benzene rings is 1. The molecule has 5 nitrogen and oxygen atoms in total. The normalized spacial score (nSPS) is 12.3. The number of carbonyl (C=O) groups excluding carboxylic acids is 1. The van der Waals surface area contributed by atoms with E-state index in [0.29, 0.717) is 22.7 Å². The van der Waals surface area contributed by atoms with E-state index in [9.17, 15) is 4.79 Å². The monoisotopic (exact) mass is 283 g/mol. The Labute approximate surface area is 117 Å². The Hall–Kier alpha value is -1.75. The van der Waals surface area contributed by atoms with Gasteiger partial charge in [0.15, 0.2) is 5.84 Å². The molecule has 6 heteroatoms. The van der Waals surface area contributed by atoms with Crippen molar-refractivity contribution < 1.29 is 10.0 Å². The van der Waals surface area contributed by atoms with Crippen molar-refractivity contribution in [3.63, 3.8) is 0 Å². The minimum atomic E-state index is -0.509. The molecule has 0 atom stereocenters. The standard InChI is InChI=1S/C13H18ClN3O2/c1-4-13(2,3)12(18)16-10-7-8(14)5-6-9(10)11(15)17-19/h5-7,19H,4H2,1-3H3,(H2,15,17)(H,16,18). The SMILES string of the molecule is CCC(C)(C)C(=O)Nc1cc(Cl)ccc1C(N)=NO. The molecule has 1 rings (SSSR count). The van der Waals surface area contributed by atoms with Crippen LogP contribution in [0.3, 0.4) is 0 Å². The van der Waals surface area contributed by atoms with Crippen LogP contribution in [-0.4, -0.2) is 17.0 Å². The number of halogens is 1. The fourth-order valence-electron chi connectivity index (χ4n) is 1.35. The molecule has 1 amide bonds. The maximum absolute atomic E-state index is 12.1. The number of carbonyl (C=O) groups is 1. The third-order valence-corrected chi connectivity index (χ3v) is 3.35. The van der Waals surface area contributed by atoms with Gasteiger partial charge in [-0.05, 0) is 24.6 Å². The molecule has 19 heavy (non-hydrogen) atoms. The summed E-state index contributed by atoms with van der Waals surface area (Å²) in [5.41, 5.74) is 5.91. The van der Waals surface area contributed by atoms with E-state index in [4.69, 9.17) is 22.5 Å². The summed E-state index contributed by atoms with van der Waals surface area (Å²) in [6, 6.07) is 4.76. The number of amides is 1. The molecule has 0 unspecified atom stereocenters. The number of hydrogen-bond donors (Lipinski definition) is 3. The summed E-state index contributed by atoms with van der Waals surface area (Å²) in [5, 5.41) is 14.9. The van der Waals surface area contributed by atoms with Crippen molar-refractivity contribution in [2.75, 3.05) is 5.32 Å². The van der Waals surface area contributed by atoms with Gasteiger partial charge in [0.1, 0.15) is 0 Å². The summed E-state index contributed by atoms with van der Waals surface area (Å²) in [6.45, 7) is 5.62. The summed E-state index contributed by atoms with van der Waals surface area (Å²) in [6.07, 6.45) is 0.693. The van der Waals surface area contributed by atoms with E-state index in [-0.39, 0.29) is 11.7 Å². The highest BCUT2D eigenvalue weighted by Gasteiger charge is 2.26. The zero-order valence-corrected chi connectivity index (χ0v) is 12.0. The van der Waals surface area contributed by atoms with E-state index < -0.39 is 5.41 Å². The lowest BCUT2D eigenvalue weighted by Crippen LogP contribution is -2.31. The van der Waals surface area contributed by atoms with Gasteiger partial charge in [-0.25, -0.2) is 0 Å². The van der Waals surface area contributed by atoms with Crippen LogP contribution in [0.4, 0.5) is 5.69 Å². The molecule has 0 bridgehead atoms. The highest BCUT2D eigenvalue weighted by molar-refractivity contribution is 6.31. The third kappa shape index (κ3) is 3.61. The molecule has 0 aliphatic rings. The van der Waals surface area contributed by atoms with Crippen LogP contribution < -0.4 is 11.1 Å². The molecule has 0 fully saturated rings. The van der Waals surface area contributed by atoms with Crippen molar-refractivity contribution in [3.05, 3.63) is 28.8 Å². The van der Waals surface area contributed by atoms with Crippen LogP contribution in [0.15, 0.2) is 23.4 Å². The molecule has 104 valence electrons. The summed E-state index contributed by atoms with van der Waals surface area (Å²) in [7, 11) is 0. The summed E-state index contributed by atoms with van der Waals surface area (Å²) in [5.74, 6) is -0.231. The van der Waals surface area contributed by atoms with Gasteiger partial charge in [-0.2, -0.15) is 0 Å². The Morgan fingerprint density at radius 1 is 1.53 bits per heavy atom. The van der Waals surface area contributed by atoms with Crippen molar-refractivity contribution in [1.29, 1.82) is 0 Å². The largest absolute Gasteiger partial charge is 0.409 e. The summed E-state index contributed by atoms with van der Waals surface area (Å²) >= 11 is 5.90. The van der Waals surface area contributed by atoms with Crippen LogP contribution in [0.2, 0.25) is 5.02 Å². The molecule has 0 saturated carbocycles. The maximum atomic E-state index is 12.1. The van der Waals surface area contributed by atoms with E-state index in [0.717, 1.165) is 0 Å². The highest BCUT2D eigenvalue weighted by atomic mass is 35.5. The van der Waals surface area contributed by atoms with Gasteiger partial charge in [0, 0.05) is 16.0 Å². The van der Waals surface area contributed by atoms with Crippen LogP contribution in [-0.2, 0) is 4.79 Å². The minimum absolute atomic E-state index is 0.0822. The second-order valence-corrected chi connectivity index (χ2v) is 5.30. The van der Waals surface area contributed by atoms with E-state index in [1.807, 2.05) is 20.8 Å². The highest BCUT2D eigenvalue weighted by Crippen LogP contribution is 2.26. The van der Waals surface area contributed by atoms with Crippen LogP contribution in [0.5, 0.6) is 0 Å². The molecule has 4 N–H and O–H groups in total. The predicted molar refractivity (Wildman–Crippen MR) is 76.7 cm³/mol. The summed E-state index contributed by atoms with van der Waals surface area (Å²) < 4.78 is 0. The molecule has 0 spiro atoms. The second kappa shape index (κ2) is 5.93. The molecule has 1 aromatic carbocycles. The van der Waals surface area contributed by atoms with Gasteiger partial charge in [-0.15, -0.1) is 0 Å². The molecule has 0 aliphatic heterocycles. The number of nitrogens with one attached hydrogen (secondary N) is 1. The van der Waals surface area contributed by atoms with Crippen LogP contribution in [0.1, 0.15) is 32.8 Å².